The maximum absolute atomic E-state index is 10.6. The van der Waals surface area contributed by atoms with Gasteiger partial charge in [-0.15, -0.1) is 0 Å². The highest BCUT2D eigenvalue weighted by molar-refractivity contribution is 9.10. The molecule has 1 aromatic rings. The number of halogens is 1. The lowest BCUT2D eigenvalue weighted by molar-refractivity contribution is 0.199. The zero-order chi connectivity index (χ0) is 19.7. The molecule has 0 aliphatic rings. The van der Waals surface area contributed by atoms with Crippen molar-refractivity contribution in [1.82, 2.24) is 0 Å². The Morgan fingerprint density at radius 2 is 1.96 bits per heavy atom. The molecule has 0 spiro atoms. The van der Waals surface area contributed by atoms with E-state index in [1.165, 1.54) is 5.57 Å². The van der Waals surface area contributed by atoms with Crippen LogP contribution in [0.2, 0.25) is 0 Å². The van der Waals surface area contributed by atoms with Crippen molar-refractivity contribution in [2.24, 2.45) is 5.92 Å². The third kappa shape index (κ3) is 7.10. The van der Waals surface area contributed by atoms with Crippen molar-refractivity contribution in [2.45, 2.75) is 52.6 Å². The van der Waals surface area contributed by atoms with Crippen LogP contribution in [0.5, 0.6) is 5.75 Å². The molecule has 3 nitrogen and oxygen atoms in total. The van der Waals surface area contributed by atoms with Crippen molar-refractivity contribution in [3.63, 3.8) is 0 Å². The van der Waals surface area contributed by atoms with Crippen LogP contribution < -0.4 is 0 Å². The van der Waals surface area contributed by atoms with Gasteiger partial charge in [-0.3, -0.25) is 0 Å². The van der Waals surface area contributed by atoms with E-state index < -0.39 is 6.10 Å². The van der Waals surface area contributed by atoms with Crippen molar-refractivity contribution < 1.29 is 15.3 Å². The van der Waals surface area contributed by atoms with Gasteiger partial charge in [0.05, 0.1) is 12.7 Å². The summed E-state index contributed by atoms with van der Waals surface area (Å²) < 4.78 is 0.916. The average Bonchev–Trinajstić information content (AvgIpc) is 2.59. The molecule has 0 saturated carbocycles. The van der Waals surface area contributed by atoms with Crippen molar-refractivity contribution in [2.75, 3.05) is 6.61 Å². The fourth-order valence-corrected chi connectivity index (χ4v) is 3.22. The quantitative estimate of drug-likeness (QED) is 0.429. The number of aromatic hydroxyl groups is 1. The van der Waals surface area contributed by atoms with E-state index in [9.17, 15) is 15.3 Å². The topological polar surface area (TPSA) is 60.7 Å². The lowest BCUT2D eigenvalue weighted by atomic mass is 9.89. The van der Waals surface area contributed by atoms with Crippen molar-refractivity contribution in [3.8, 4) is 5.75 Å². The Balaban J connectivity index is 2.93. The highest BCUT2D eigenvalue weighted by Crippen LogP contribution is 2.28. The van der Waals surface area contributed by atoms with E-state index >= 15 is 0 Å². The summed E-state index contributed by atoms with van der Waals surface area (Å²) in [4.78, 5) is 0. The summed E-state index contributed by atoms with van der Waals surface area (Å²) in [6, 6.07) is 5.36. The SMILES string of the molecule is C=C(/C(=C/CO)C(O)CC/C(=C/c1cc(Br)ccc1O)CCC)C(C)C. The van der Waals surface area contributed by atoms with Crippen LogP contribution in [-0.2, 0) is 0 Å². The summed E-state index contributed by atoms with van der Waals surface area (Å²) in [6.07, 6.45) is 6.16. The first kappa shape index (κ1) is 22.7. The van der Waals surface area contributed by atoms with Gasteiger partial charge in [0.1, 0.15) is 5.75 Å². The number of aliphatic hydroxyl groups is 2. The van der Waals surface area contributed by atoms with E-state index in [-0.39, 0.29) is 18.3 Å². The fraction of sp³-hybridized carbons (Fsp3) is 0.455. The second kappa shape index (κ2) is 11.4. The van der Waals surface area contributed by atoms with Gasteiger partial charge >= 0.3 is 0 Å². The minimum absolute atomic E-state index is 0.109. The molecule has 0 fully saturated rings. The standard InChI is InChI=1S/C22H31BrO3/c1-5-6-17(13-18-14-19(23)8-10-21(18)25)7-9-22(26)20(11-12-24)16(4)15(2)3/h8,10-11,13-15,22,24-26H,4-7,9,12H2,1-3H3/b17-13+,20-11-. The van der Waals surface area contributed by atoms with E-state index in [4.69, 9.17) is 0 Å². The Bertz CT molecular complexity index is 659. The Labute approximate surface area is 165 Å². The van der Waals surface area contributed by atoms with Gasteiger partial charge in [-0.1, -0.05) is 67.4 Å². The Kier molecular flexibility index (Phi) is 9.92. The first-order valence-electron chi connectivity index (χ1n) is 9.16. The van der Waals surface area contributed by atoms with Crippen LogP contribution in [0.15, 0.2) is 52.0 Å². The van der Waals surface area contributed by atoms with E-state index in [1.54, 1.807) is 18.2 Å². The molecule has 1 atom stereocenters. The molecule has 0 amide bonds. The number of phenols is 1. The number of phenolic OH excluding ortho intramolecular Hbond substituents is 1. The second-order valence-electron chi connectivity index (χ2n) is 6.83. The summed E-state index contributed by atoms with van der Waals surface area (Å²) in [7, 11) is 0. The molecule has 3 N–H and O–H groups in total. The van der Waals surface area contributed by atoms with E-state index in [0.29, 0.717) is 6.42 Å². The van der Waals surface area contributed by atoms with Crippen LogP contribution in [0.3, 0.4) is 0 Å². The van der Waals surface area contributed by atoms with Crippen LogP contribution in [-0.4, -0.2) is 28.0 Å². The lowest BCUT2D eigenvalue weighted by Gasteiger charge is -2.20. The van der Waals surface area contributed by atoms with Crippen LogP contribution >= 0.6 is 15.9 Å². The fourth-order valence-electron chi connectivity index (χ4n) is 2.84. The number of benzene rings is 1. The number of hydrogen-bond donors (Lipinski definition) is 3. The minimum Gasteiger partial charge on any atom is -0.507 e. The summed E-state index contributed by atoms with van der Waals surface area (Å²) >= 11 is 3.43. The lowest BCUT2D eigenvalue weighted by Crippen LogP contribution is -2.15. The largest absolute Gasteiger partial charge is 0.507 e. The zero-order valence-electron chi connectivity index (χ0n) is 16.0. The van der Waals surface area contributed by atoms with Gasteiger partial charge in [-0.25, -0.2) is 0 Å². The van der Waals surface area contributed by atoms with Gasteiger partial charge < -0.3 is 15.3 Å². The molecular formula is C22H31BrO3. The normalized spacial score (nSPS) is 14.0. The molecule has 0 radical (unpaired) electrons. The molecule has 26 heavy (non-hydrogen) atoms. The second-order valence-corrected chi connectivity index (χ2v) is 7.75. The van der Waals surface area contributed by atoms with Gasteiger partial charge in [0.15, 0.2) is 0 Å². The number of allylic oxidation sites excluding steroid dienone is 1. The Hall–Kier alpha value is -1.36. The highest BCUT2D eigenvalue weighted by Gasteiger charge is 2.16. The Morgan fingerprint density at radius 1 is 1.27 bits per heavy atom. The highest BCUT2D eigenvalue weighted by atomic mass is 79.9. The summed E-state index contributed by atoms with van der Waals surface area (Å²) in [6.45, 7) is 10.1. The first-order valence-corrected chi connectivity index (χ1v) is 9.95. The molecule has 0 bridgehead atoms. The summed E-state index contributed by atoms with van der Waals surface area (Å²) in [5, 5.41) is 29.9. The zero-order valence-corrected chi connectivity index (χ0v) is 17.6. The Morgan fingerprint density at radius 3 is 2.54 bits per heavy atom. The maximum atomic E-state index is 10.6. The van der Waals surface area contributed by atoms with Gasteiger partial charge in [-0.05, 0) is 54.5 Å². The van der Waals surface area contributed by atoms with Gasteiger partial charge in [0.2, 0.25) is 0 Å². The van der Waals surface area contributed by atoms with E-state index in [2.05, 4.69) is 29.4 Å². The van der Waals surface area contributed by atoms with Crippen molar-refractivity contribution >= 4 is 22.0 Å². The number of rotatable bonds is 10. The van der Waals surface area contributed by atoms with Crippen molar-refractivity contribution in [3.05, 3.63) is 57.6 Å². The predicted molar refractivity (Wildman–Crippen MR) is 113 cm³/mol. The molecule has 144 valence electrons. The summed E-state index contributed by atoms with van der Waals surface area (Å²) in [5.41, 5.74) is 3.54. The van der Waals surface area contributed by atoms with Crippen LogP contribution in [0, 0.1) is 5.92 Å². The van der Waals surface area contributed by atoms with Gasteiger partial charge in [0, 0.05) is 10.0 Å². The smallest absolute Gasteiger partial charge is 0.122 e. The minimum atomic E-state index is -0.659. The van der Waals surface area contributed by atoms with Crippen LogP contribution in [0.1, 0.15) is 52.0 Å². The molecule has 0 saturated heterocycles. The van der Waals surface area contributed by atoms with Crippen molar-refractivity contribution in [1.29, 1.82) is 0 Å². The molecule has 1 unspecified atom stereocenters. The monoisotopic (exact) mass is 422 g/mol. The average molecular weight is 423 g/mol. The third-order valence-electron chi connectivity index (χ3n) is 4.40. The maximum Gasteiger partial charge on any atom is 0.122 e. The molecule has 1 aromatic carbocycles. The first-order chi connectivity index (χ1) is 12.3. The molecular weight excluding hydrogens is 392 g/mol. The predicted octanol–water partition coefficient (Wildman–Crippen LogP) is 5.61. The molecule has 0 aliphatic heterocycles. The number of aliphatic hydroxyl groups excluding tert-OH is 2. The van der Waals surface area contributed by atoms with Crippen LogP contribution in [0.25, 0.3) is 6.08 Å². The van der Waals surface area contributed by atoms with Crippen LogP contribution in [0.4, 0.5) is 0 Å². The van der Waals surface area contributed by atoms with Gasteiger partial charge in [-0.2, -0.15) is 0 Å². The molecule has 0 heterocycles. The van der Waals surface area contributed by atoms with E-state index in [1.807, 2.05) is 26.0 Å². The molecule has 0 aliphatic carbocycles. The molecule has 1 rings (SSSR count). The summed E-state index contributed by atoms with van der Waals surface area (Å²) in [5.74, 6) is 0.461. The van der Waals surface area contributed by atoms with E-state index in [0.717, 1.165) is 40.4 Å². The molecule has 4 heteroatoms. The number of hydrogen-bond acceptors (Lipinski definition) is 3. The van der Waals surface area contributed by atoms with Gasteiger partial charge in [0.25, 0.3) is 0 Å². The third-order valence-corrected chi connectivity index (χ3v) is 4.89. The molecule has 0 aromatic heterocycles.